The molecule has 0 spiro atoms. The van der Waals surface area contributed by atoms with E-state index in [4.69, 9.17) is 23.2 Å². The zero-order valence-electron chi connectivity index (χ0n) is 14.2. The molecule has 3 aromatic rings. The Morgan fingerprint density at radius 1 is 1.08 bits per heavy atom. The second-order valence-electron chi connectivity index (χ2n) is 5.79. The molecule has 26 heavy (non-hydrogen) atoms. The van der Waals surface area contributed by atoms with Gasteiger partial charge in [-0.15, -0.1) is 11.3 Å². The zero-order chi connectivity index (χ0) is 18.7. The maximum Gasteiger partial charge on any atom is 0.250 e. The van der Waals surface area contributed by atoms with Gasteiger partial charge in [-0.25, -0.2) is 4.98 Å². The van der Waals surface area contributed by atoms with E-state index in [-0.39, 0.29) is 5.91 Å². The highest BCUT2D eigenvalue weighted by atomic mass is 35.5. The first-order chi connectivity index (χ1) is 12.4. The van der Waals surface area contributed by atoms with Crippen molar-refractivity contribution in [3.63, 3.8) is 0 Å². The van der Waals surface area contributed by atoms with Crippen molar-refractivity contribution in [2.24, 2.45) is 0 Å². The first-order valence-electron chi connectivity index (χ1n) is 7.91. The molecule has 3 nitrogen and oxygen atoms in total. The van der Waals surface area contributed by atoms with Crippen molar-refractivity contribution >= 4 is 51.7 Å². The molecule has 0 atom stereocenters. The first kappa shape index (κ1) is 18.6. The Morgan fingerprint density at radius 2 is 1.81 bits per heavy atom. The summed E-state index contributed by atoms with van der Waals surface area (Å²) >= 11 is 13.3. The number of rotatable bonds is 4. The topological polar surface area (TPSA) is 42.0 Å². The standard InChI is InChI=1S/C20H16Cl2N2OS/c1-12-3-7-15(8-4-12)19-13(2)26-20(24-19)23-18(25)10-6-14-5-9-16(21)17(22)11-14/h3-11H,1-2H3,(H,23,24,25)/b10-6+. The number of aromatic nitrogens is 1. The van der Waals surface area contributed by atoms with Crippen LogP contribution < -0.4 is 5.32 Å². The number of hydrogen-bond donors (Lipinski definition) is 1. The van der Waals surface area contributed by atoms with Gasteiger partial charge in [0.25, 0.3) is 0 Å². The van der Waals surface area contributed by atoms with Crippen LogP contribution in [0, 0.1) is 13.8 Å². The minimum absolute atomic E-state index is 0.250. The smallest absolute Gasteiger partial charge is 0.250 e. The van der Waals surface area contributed by atoms with Crippen LogP contribution in [0.4, 0.5) is 5.13 Å². The lowest BCUT2D eigenvalue weighted by Crippen LogP contribution is -2.07. The Morgan fingerprint density at radius 3 is 2.50 bits per heavy atom. The van der Waals surface area contributed by atoms with Gasteiger partial charge in [0.05, 0.1) is 15.7 Å². The SMILES string of the molecule is Cc1ccc(-c2nc(NC(=O)/C=C/c3ccc(Cl)c(Cl)c3)sc2C)cc1. The van der Waals surface area contributed by atoms with Gasteiger partial charge in [0.15, 0.2) is 5.13 Å². The van der Waals surface area contributed by atoms with E-state index < -0.39 is 0 Å². The number of amides is 1. The molecule has 0 aliphatic rings. The summed E-state index contributed by atoms with van der Waals surface area (Å²) in [7, 11) is 0. The molecule has 0 unspecified atom stereocenters. The van der Waals surface area contributed by atoms with E-state index in [9.17, 15) is 4.79 Å². The maximum atomic E-state index is 12.1. The van der Waals surface area contributed by atoms with Gasteiger partial charge in [0.1, 0.15) is 0 Å². The van der Waals surface area contributed by atoms with Crippen molar-refractivity contribution in [2.45, 2.75) is 13.8 Å². The number of carbonyl (C=O) groups excluding carboxylic acids is 1. The van der Waals surface area contributed by atoms with Crippen LogP contribution >= 0.6 is 34.5 Å². The normalized spacial score (nSPS) is 11.1. The molecule has 0 saturated heterocycles. The third-order valence-corrected chi connectivity index (χ3v) is 5.35. The number of halogens is 2. The third-order valence-electron chi connectivity index (χ3n) is 3.72. The van der Waals surface area contributed by atoms with Crippen molar-refractivity contribution < 1.29 is 4.79 Å². The lowest BCUT2D eigenvalue weighted by atomic mass is 10.1. The van der Waals surface area contributed by atoms with Gasteiger partial charge < -0.3 is 0 Å². The molecule has 0 aliphatic carbocycles. The summed E-state index contributed by atoms with van der Waals surface area (Å²) in [4.78, 5) is 17.7. The summed E-state index contributed by atoms with van der Waals surface area (Å²) in [5.41, 5.74) is 3.92. The minimum Gasteiger partial charge on any atom is -0.298 e. The molecule has 2 aromatic carbocycles. The lowest BCUT2D eigenvalue weighted by molar-refractivity contribution is -0.111. The van der Waals surface area contributed by atoms with Gasteiger partial charge >= 0.3 is 0 Å². The van der Waals surface area contributed by atoms with Gasteiger partial charge in [-0.2, -0.15) is 0 Å². The number of carbonyl (C=O) groups is 1. The monoisotopic (exact) mass is 402 g/mol. The Labute approximate surface area is 166 Å². The van der Waals surface area contributed by atoms with Crippen molar-refractivity contribution in [1.29, 1.82) is 0 Å². The quantitative estimate of drug-likeness (QED) is 0.513. The Bertz CT molecular complexity index is 978. The van der Waals surface area contributed by atoms with Crippen molar-refractivity contribution in [1.82, 2.24) is 4.98 Å². The van der Waals surface area contributed by atoms with Crippen LogP contribution in [-0.4, -0.2) is 10.9 Å². The largest absolute Gasteiger partial charge is 0.298 e. The van der Waals surface area contributed by atoms with Crippen LogP contribution in [0.2, 0.25) is 10.0 Å². The average Bonchev–Trinajstić information content (AvgIpc) is 2.97. The summed E-state index contributed by atoms with van der Waals surface area (Å²) in [5.74, 6) is -0.250. The molecular weight excluding hydrogens is 387 g/mol. The fourth-order valence-electron chi connectivity index (χ4n) is 2.36. The zero-order valence-corrected chi connectivity index (χ0v) is 16.5. The van der Waals surface area contributed by atoms with Crippen LogP contribution in [0.25, 0.3) is 17.3 Å². The van der Waals surface area contributed by atoms with Crippen LogP contribution in [-0.2, 0) is 4.79 Å². The van der Waals surface area contributed by atoms with E-state index in [2.05, 4.69) is 10.3 Å². The molecule has 0 bridgehead atoms. The summed E-state index contributed by atoms with van der Waals surface area (Å²) < 4.78 is 0. The number of thiazole rings is 1. The minimum atomic E-state index is -0.250. The second kappa shape index (κ2) is 8.04. The molecule has 1 heterocycles. The predicted octanol–water partition coefficient (Wildman–Crippen LogP) is 6.39. The van der Waals surface area contributed by atoms with E-state index in [0.29, 0.717) is 15.2 Å². The Hall–Kier alpha value is -2.14. The molecule has 0 aliphatic heterocycles. The van der Waals surface area contributed by atoms with Gasteiger partial charge in [-0.1, -0.05) is 59.1 Å². The molecule has 1 N–H and O–H groups in total. The van der Waals surface area contributed by atoms with Gasteiger partial charge in [0.2, 0.25) is 5.91 Å². The van der Waals surface area contributed by atoms with Gasteiger partial charge in [-0.05, 0) is 37.6 Å². The van der Waals surface area contributed by atoms with E-state index >= 15 is 0 Å². The molecular formula is C20H16Cl2N2OS. The number of anilines is 1. The van der Waals surface area contributed by atoms with Crippen molar-refractivity contribution in [2.75, 3.05) is 5.32 Å². The van der Waals surface area contributed by atoms with E-state index in [1.807, 2.05) is 38.1 Å². The average molecular weight is 403 g/mol. The third kappa shape index (κ3) is 4.52. The highest BCUT2D eigenvalue weighted by Crippen LogP contribution is 2.30. The highest BCUT2D eigenvalue weighted by molar-refractivity contribution is 7.16. The van der Waals surface area contributed by atoms with Gasteiger partial charge in [-0.3, -0.25) is 10.1 Å². The van der Waals surface area contributed by atoms with Crippen molar-refractivity contribution in [3.05, 3.63) is 74.6 Å². The van der Waals surface area contributed by atoms with Gasteiger partial charge in [0, 0.05) is 16.5 Å². The number of nitrogens with one attached hydrogen (secondary N) is 1. The second-order valence-corrected chi connectivity index (χ2v) is 7.80. The molecule has 6 heteroatoms. The Balaban J connectivity index is 1.71. The van der Waals surface area contributed by atoms with Crippen LogP contribution in [0.1, 0.15) is 16.0 Å². The molecule has 3 rings (SSSR count). The van der Waals surface area contributed by atoms with E-state index in [1.54, 1.807) is 24.3 Å². The van der Waals surface area contributed by atoms with Crippen LogP contribution in [0.3, 0.4) is 0 Å². The molecule has 0 saturated carbocycles. The lowest BCUT2D eigenvalue weighted by Gasteiger charge is -1.99. The summed E-state index contributed by atoms with van der Waals surface area (Å²) in [6, 6.07) is 13.4. The predicted molar refractivity (Wildman–Crippen MR) is 111 cm³/mol. The fourth-order valence-corrected chi connectivity index (χ4v) is 3.51. The number of benzene rings is 2. The number of aryl methyl sites for hydroxylation is 2. The van der Waals surface area contributed by atoms with Crippen LogP contribution in [0.15, 0.2) is 48.5 Å². The van der Waals surface area contributed by atoms with E-state index in [1.165, 1.54) is 23.0 Å². The van der Waals surface area contributed by atoms with E-state index in [0.717, 1.165) is 21.7 Å². The number of hydrogen-bond acceptors (Lipinski definition) is 3. The summed E-state index contributed by atoms with van der Waals surface area (Å²) in [6.07, 6.45) is 3.13. The molecule has 1 aromatic heterocycles. The highest BCUT2D eigenvalue weighted by Gasteiger charge is 2.11. The summed E-state index contributed by atoms with van der Waals surface area (Å²) in [6.45, 7) is 4.04. The molecule has 1 amide bonds. The molecule has 0 radical (unpaired) electrons. The number of nitrogens with zero attached hydrogens (tertiary/aromatic N) is 1. The van der Waals surface area contributed by atoms with Crippen molar-refractivity contribution in [3.8, 4) is 11.3 Å². The molecule has 0 fully saturated rings. The van der Waals surface area contributed by atoms with Crippen LogP contribution in [0.5, 0.6) is 0 Å². The molecule has 132 valence electrons. The maximum absolute atomic E-state index is 12.1. The summed E-state index contributed by atoms with van der Waals surface area (Å²) in [5, 5.41) is 4.31. The Kier molecular flexibility index (Phi) is 5.77. The fraction of sp³-hybridized carbons (Fsp3) is 0.100. The first-order valence-corrected chi connectivity index (χ1v) is 9.48.